The molecule has 2 aromatic carbocycles. The fourth-order valence-corrected chi connectivity index (χ4v) is 4.11. The fraction of sp³-hybridized carbons (Fsp3) is 0.520. The Labute approximate surface area is 196 Å². The third-order valence-corrected chi connectivity index (χ3v) is 5.97. The highest BCUT2D eigenvalue weighted by Gasteiger charge is 2.31. The van der Waals surface area contributed by atoms with Crippen LogP contribution in [0.4, 0.5) is 18.9 Å². The maximum Gasteiger partial charge on any atom is 0.573 e. The van der Waals surface area contributed by atoms with E-state index in [1.165, 1.54) is 48.1 Å². The van der Waals surface area contributed by atoms with Crippen LogP contribution >= 0.6 is 12.4 Å². The van der Waals surface area contributed by atoms with Crippen LogP contribution in [0.15, 0.2) is 42.5 Å². The minimum atomic E-state index is -4.66. The topological polar surface area (TPSA) is 15.7 Å². The van der Waals surface area contributed by atoms with Crippen molar-refractivity contribution in [1.82, 2.24) is 4.90 Å². The van der Waals surface area contributed by atoms with Gasteiger partial charge in [0, 0.05) is 44.5 Å². The molecule has 0 bridgehead atoms. The number of unbranched alkanes of at least 4 members (excludes halogenated alkanes) is 2. The van der Waals surface area contributed by atoms with Crippen molar-refractivity contribution < 1.29 is 17.9 Å². The summed E-state index contributed by atoms with van der Waals surface area (Å²) in [7, 11) is 0. The SMILES string of the molecule is CCCCCc1cc(CCN2CCN(c3cccc(OC(F)(F)F)c3)CC2)ccc1C.Cl. The van der Waals surface area contributed by atoms with Gasteiger partial charge in [0.1, 0.15) is 5.75 Å². The number of hydrogen-bond donors (Lipinski definition) is 0. The van der Waals surface area contributed by atoms with Crippen molar-refractivity contribution in [3.63, 3.8) is 0 Å². The number of halogens is 4. The summed E-state index contributed by atoms with van der Waals surface area (Å²) in [4.78, 5) is 4.56. The molecule has 0 aliphatic carbocycles. The first kappa shape index (κ1) is 26.3. The molecule has 0 radical (unpaired) electrons. The van der Waals surface area contributed by atoms with Crippen LogP contribution in [0.2, 0.25) is 0 Å². The standard InChI is InChI=1S/C25H33F3N2O.ClH/c1-3-4-5-7-22-18-21(11-10-20(22)2)12-13-29-14-16-30(17-15-29)23-8-6-9-24(19-23)31-25(26,27)28;/h6,8-11,18-19H,3-5,7,12-17H2,1-2H3;1H. The highest BCUT2D eigenvalue weighted by Crippen LogP contribution is 2.27. The van der Waals surface area contributed by atoms with Crippen molar-refractivity contribution in [3.05, 3.63) is 59.2 Å². The van der Waals surface area contributed by atoms with E-state index in [2.05, 4.69) is 46.6 Å². The van der Waals surface area contributed by atoms with Gasteiger partial charge in [0.15, 0.2) is 0 Å². The number of alkyl halides is 3. The molecule has 2 aromatic rings. The van der Waals surface area contributed by atoms with E-state index in [0.29, 0.717) is 0 Å². The second-order valence-electron chi connectivity index (χ2n) is 8.34. The zero-order valence-electron chi connectivity index (χ0n) is 19.0. The van der Waals surface area contributed by atoms with E-state index in [4.69, 9.17) is 0 Å². The van der Waals surface area contributed by atoms with Crippen molar-refractivity contribution in [2.45, 2.75) is 52.3 Å². The fourth-order valence-electron chi connectivity index (χ4n) is 4.11. The molecule has 0 unspecified atom stereocenters. The average Bonchev–Trinajstić information content (AvgIpc) is 2.73. The lowest BCUT2D eigenvalue weighted by atomic mass is 9.98. The molecule has 1 aliphatic heterocycles. The highest BCUT2D eigenvalue weighted by atomic mass is 35.5. The van der Waals surface area contributed by atoms with Crippen molar-refractivity contribution in [3.8, 4) is 5.75 Å². The Kier molecular flexibility index (Phi) is 10.2. The van der Waals surface area contributed by atoms with Gasteiger partial charge in [-0.15, -0.1) is 25.6 Å². The lowest BCUT2D eigenvalue weighted by molar-refractivity contribution is -0.274. The number of rotatable bonds is 9. The predicted molar refractivity (Wildman–Crippen MR) is 127 cm³/mol. The molecule has 7 heteroatoms. The number of hydrogen-bond acceptors (Lipinski definition) is 3. The van der Waals surface area contributed by atoms with Crippen LogP contribution in [0.5, 0.6) is 5.75 Å². The number of nitrogens with zero attached hydrogens (tertiary/aromatic N) is 2. The van der Waals surface area contributed by atoms with Gasteiger partial charge in [-0.2, -0.15) is 0 Å². The van der Waals surface area contributed by atoms with E-state index in [9.17, 15) is 13.2 Å². The molecule has 0 aromatic heterocycles. The molecule has 0 saturated carbocycles. The summed E-state index contributed by atoms with van der Waals surface area (Å²) < 4.78 is 41.5. The van der Waals surface area contributed by atoms with E-state index >= 15 is 0 Å². The molecule has 1 saturated heterocycles. The number of anilines is 1. The monoisotopic (exact) mass is 470 g/mol. The lowest BCUT2D eigenvalue weighted by Gasteiger charge is -2.36. The van der Waals surface area contributed by atoms with Crippen molar-refractivity contribution in [2.24, 2.45) is 0 Å². The average molecular weight is 471 g/mol. The van der Waals surface area contributed by atoms with Crippen LogP contribution in [0.25, 0.3) is 0 Å². The first-order valence-corrected chi connectivity index (χ1v) is 11.3. The maximum atomic E-state index is 12.5. The van der Waals surface area contributed by atoms with Gasteiger partial charge in [-0.25, -0.2) is 0 Å². The Hall–Kier alpha value is -1.92. The van der Waals surface area contributed by atoms with E-state index < -0.39 is 6.36 Å². The van der Waals surface area contributed by atoms with Crippen molar-refractivity contribution >= 4 is 18.1 Å². The third-order valence-electron chi connectivity index (χ3n) is 5.97. The zero-order valence-corrected chi connectivity index (χ0v) is 19.8. The van der Waals surface area contributed by atoms with E-state index in [1.54, 1.807) is 6.07 Å². The smallest absolute Gasteiger partial charge is 0.406 e. The van der Waals surface area contributed by atoms with E-state index in [1.807, 2.05) is 6.07 Å². The van der Waals surface area contributed by atoms with E-state index in [-0.39, 0.29) is 18.2 Å². The molecule has 0 spiro atoms. The van der Waals surface area contributed by atoms with Crippen LogP contribution in [0, 0.1) is 6.92 Å². The molecular weight excluding hydrogens is 437 g/mol. The minimum Gasteiger partial charge on any atom is -0.406 e. The summed E-state index contributed by atoms with van der Waals surface area (Å²) in [6, 6.07) is 13.1. The summed E-state index contributed by atoms with van der Waals surface area (Å²) in [6.07, 6.45) is 1.28. The molecule has 0 amide bonds. The van der Waals surface area contributed by atoms with Crippen LogP contribution in [-0.4, -0.2) is 44.0 Å². The first-order valence-electron chi connectivity index (χ1n) is 11.3. The summed E-state index contributed by atoms with van der Waals surface area (Å²) >= 11 is 0. The minimum absolute atomic E-state index is 0. The van der Waals surface area contributed by atoms with Crippen molar-refractivity contribution in [1.29, 1.82) is 0 Å². The van der Waals surface area contributed by atoms with Crippen LogP contribution < -0.4 is 9.64 Å². The largest absolute Gasteiger partial charge is 0.573 e. The first-order chi connectivity index (χ1) is 14.8. The Balaban J connectivity index is 0.00000363. The van der Waals surface area contributed by atoms with Gasteiger partial charge in [-0.3, -0.25) is 4.90 Å². The Morgan fingerprint density at radius 1 is 0.938 bits per heavy atom. The molecule has 0 N–H and O–H groups in total. The van der Waals surface area contributed by atoms with Gasteiger partial charge in [0.2, 0.25) is 0 Å². The van der Waals surface area contributed by atoms with Gasteiger partial charge in [0.05, 0.1) is 0 Å². The van der Waals surface area contributed by atoms with Crippen molar-refractivity contribution in [2.75, 3.05) is 37.6 Å². The number of aryl methyl sites for hydroxylation is 2. The molecule has 3 nitrogen and oxygen atoms in total. The maximum absolute atomic E-state index is 12.5. The van der Waals surface area contributed by atoms with Gasteiger partial charge >= 0.3 is 6.36 Å². The molecule has 32 heavy (non-hydrogen) atoms. The quantitative estimate of drug-likeness (QED) is 0.394. The number of ether oxygens (including phenoxy) is 1. The molecule has 1 aliphatic rings. The molecule has 178 valence electrons. The number of piperazine rings is 1. The van der Waals surface area contributed by atoms with Crippen LogP contribution in [-0.2, 0) is 12.8 Å². The lowest BCUT2D eigenvalue weighted by Crippen LogP contribution is -2.47. The van der Waals surface area contributed by atoms with Crippen LogP contribution in [0.1, 0.15) is 42.9 Å². The van der Waals surface area contributed by atoms with E-state index in [0.717, 1.165) is 51.3 Å². The Morgan fingerprint density at radius 2 is 1.69 bits per heavy atom. The predicted octanol–water partition coefficient (Wildman–Crippen LogP) is 6.41. The highest BCUT2D eigenvalue weighted by molar-refractivity contribution is 5.85. The van der Waals surface area contributed by atoms with Crippen LogP contribution in [0.3, 0.4) is 0 Å². The van der Waals surface area contributed by atoms with Gasteiger partial charge < -0.3 is 9.64 Å². The normalized spacial score (nSPS) is 14.8. The second-order valence-corrected chi connectivity index (χ2v) is 8.34. The number of benzene rings is 2. The molecule has 1 fully saturated rings. The summed E-state index contributed by atoms with van der Waals surface area (Å²) in [6.45, 7) is 8.83. The summed E-state index contributed by atoms with van der Waals surface area (Å²) in [5, 5.41) is 0. The summed E-state index contributed by atoms with van der Waals surface area (Å²) in [5.74, 6) is -0.165. The van der Waals surface area contributed by atoms with Gasteiger partial charge in [0.25, 0.3) is 0 Å². The third kappa shape index (κ3) is 8.21. The Morgan fingerprint density at radius 3 is 2.38 bits per heavy atom. The molecule has 3 rings (SSSR count). The van der Waals surface area contributed by atoms with Gasteiger partial charge in [-0.05, 0) is 55.0 Å². The summed E-state index contributed by atoms with van der Waals surface area (Å²) in [5.41, 5.74) is 5.01. The molecular formula is C25H34ClF3N2O. The van der Waals surface area contributed by atoms with Gasteiger partial charge in [-0.1, -0.05) is 44.0 Å². The molecule has 0 atom stereocenters. The Bertz CT molecular complexity index is 836. The zero-order chi connectivity index (χ0) is 22.3. The second kappa shape index (κ2) is 12.4. The molecule has 1 heterocycles.